The molecule has 59 valence electrons. The van der Waals surface area contributed by atoms with E-state index in [2.05, 4.69) is 5.32 Å². The molecule has 3 nitrogen and oxygen atoms in total. The molecule has 10 heavy (non-hydrogen) atoms. The van der Waals surface area contributed by atoms with Crippen LogP contribution in [0, 0.1) is 5.75 Å². The molecule has 4 heteroatoms. The first-order valence-corrected chi connectivity index (χ1v) is 5.32. The van der Waals surface area contributed by atoms with E-state index in [1.54, 1.807) is 0 Å². The maximum absolute atomic E-state index is 10.7. The molecular formula is C6H12NO2S. The third-order valence-electron chi connectivity index (χ3n) is 1.51. The summed E-state index contributed by atoms with van der Waals surface area (Å²) < 4.78 is 21.4. The van der Waals surface area contributed by atoms with Gasteiger partial charge in [-0.25, -0.2) is 8.42 Å². The Balaban J connectivity index is 2.38. The molecule has 1 rings (SSSR count). The number of rotatable bonds is 2. The molecule has 0 saturated carbocycles. The molecular weight excluding hydrogens is 150 g/mol. The average molecular weight is 162 g/mol. The van der Waals surface area contributed by atoms with Crippen molar-refractivity contribution in [2.24, 2.45) is 0 Å². The Kier molecular flexibility index (Phi) is 2.31. The molecule has 0 aliphatic carbocycles. The van der Waals surface area contributed by atoms with Gasteiger partial charge in [0.05, 0.1) is 5.75 Å². The lowest BCUT2D eigenvalue weighted by Crippen LogP contribution is -2.24. The maximum atomic E-state index is 10.7. The molecule has 1 aliphatic heterocycles. The highest BCUT2D eigenvalue weighted by Crippen LogP contribution is 2.10. The van der Waals surface area contributed by atoms with E-state index in [0.29, 0.717) is 0 Å². The van der Waals surface area contributed by atoms with Crippen molar-refractivity contribution in [3.05, 3.63) is 5.75 Å². The maximum Gasteiger partial charge on any atom is 0.153 e. The SMILES string of the molecule is CS(=O)(=O)[CH]C1CCCN1. The molecule has 0 aromatic carbocycles. The number of hydrogen-bond acceptors (Lipinski definition) is 3. The van der Waals surface area contributed by atoms with Crippen molar-refractivity contribution < 1.29 is 8.42 Å². The van der Waals surface area contributed by atoms with Crippen LogP contribution in [0.1, 0.15) is 12.8 Å². The molecule has 0 aromatic rings. The standard InChI is InChI=1S/C6H12NO2S/c1-10(8,9)5-6-3-2-4-7-6/h5-7H,2-4H2,1H3. The largest absolute Gasteiger partial charge is 0.313 e. The number of sulfone groups is 1. The molecule has 1 heterocycles. The van der Waals surface area contributed by atoms with Crippen molar-refractivity contribution >= 4 is 9.84 Å². The monoisotopic (exact) mass is 162 g/mol. The van der Waals surface area contributed by atoms with E-state index in [4.69, 9.17) is 0 Å². The van der Waals surface area contributed by atoms with Gasteiger partial charge in [0.25, 0.3) is 0 Å². The summed E-state index contributed by atoms with van der Waals surface area (Å²) in [7, 11) is -2.90. The van der Waals surface area contributed by atoms with Crippen LogP contribution in [0.15, 0.2) is 0 Å². The summed E-state index contributed by atoms with van der Waals surface area (Å²) in [4.78, 5) is 0. The zero-order chi connectivity index (χ0) is 7.61. The topological polar surface area (TPSA) is 46.2 Å². The Morgan fingerprint density at radius 1 is 1.60 bits per heavy atom. The van der Waals surface area contributed by atoms with Crippen molar-refractivity contribution in [1.29, 1.82) is 0 Å². The minimum absolute atomic E-state index is 0.0926. The van der Waals surface area contributed by atoms with Crippen LogP contribution in [0.5, 0.6) is 0 Å². The van der Waals surface area contributed by atoms with Crippen LogP contribution in [0.25, 0.3) is 0 Å². The van der Waals surface area contributed by atoms with Crippen LogP contribution in [0.2, 0.25) is 0 Å². The first kappa shape index (κ1) is 8.01. The highest BCUT2D eigenvalue weighted by Gasteiger charge is 2.18. The summed E-state index contributed by atoms with van der Waals surface area (Å²) in [5.41, 5.74) is 0. The van der Waals surface area contributed by atoms with Gasteiger partial charge >= 0.3 is 0 Å². The lowest BCUT2D eigenvalue weighted by atomic mass is 10.3. The van der Waals surface area contributed by atoms with E-state index < -0.39 is 9.84 Å². The van der Waals surface area contributed by atoms with Gasteiger partial charge in [0.2, 0.25) is 0 Å². The first-order valence-electron chi connectivity index (χ1n) is 3.36. The van der Waals surface area contributed by atoms with Crippen LogP contribution >= 0.6 is 0 Å². The molecule has 0 aromatic heterocycles. The molecule has 0 bridgehead atoms. The van der Waals surface area contributed by atoms with Gasteiger partial charge in [-0.05, 0) is 19.4 Å². The predicted molar refractivity (Wildman–Crippen MR) is 40.2 cm³/mol. The third-order valence-corrected chi connectivity index (χ3v) is 2.33. The first-order chi connectivity index (χ1) is 4.58. The predicted octanol–water partition coefficient (Wildman–Crippen LogP) is -0.0552. The van der Waals surface area contributed by atoms with Crippen LogP contribution in [0.3, 0.4) is 0 Å². The van der Waals surface area contributed by atoms with Gasteiger partial charge in [0.15, 0.2) is 9.84 Å². The minimum Gasteiger partial charge on any atom is -0.313 e. The second-order valence-electron chi connectivity index (χ2n) is 2.67. The van der Waals surface area contributed by atoms with Gasteiger partial charge in [-0.3, -0.25) is 0 Å². The quantitative estimate of drug-likeness (QED) is 0.619. The zero-order valence-corrected chi connectivity index (χ0v) is 6.82. The molecule has 1 N–H and O–H groups in total. The van der Waals surface area contributed by atoms with Crippen LogP contribution in [0.4, 0.5) is 0 Å². The molecule has 1 radical (unpaired) electrons. The fourth-order valence-corrected chi connectivity index (χ4v) is 1.96. The van der Waals surface area contributed by atoms with Crippen molar-refractivity contribution in [2.45, 2.75) is 18.9 Å². The van der Waals surface area contributed by atoms with Gasteiger partial charge in [0.1, 0.15) is 0 Å². The normalized spacial score (nSPS) is 27.1. The molecule has 1 atom stereocenters. The minimum atomic E-state index is -2.90. The second kappa shape index (κ2) is 2.88. The van der Waals surface area contributed by atoms with Gasteiger partial charge in [0, 0.05) is 12.3 Å². The zero-order valence-electron chi connectivity index (χ0n) is 6.00. The highest BCUT2D eigenvalue weighted by molar-refractivity contribution is 7.92. The lowest BCUT2D eigenvalue weighted by Gasteiger charge is -2.05. The van der Waals surface area contributed by atoms with E-state index >= 15 is 0 Å². The Hall–Kier alpha value is -0.0900. The molecule has 0 amide bonds. The molecule has 1 fully saturated rings. The van der Waals surface area contributed by atoms with Crippen molar-refractivity contribution in [3.63, 3.8) is 0 Å². The van der Waals surface area contributed by atoms with Crippen LogP contribution < -0.4 is 5.32 Å². The summed E-state index contributed by atoms with van der Waals surface area (Å²) in [6.45, 7) is 0.941. The Morgan fingerprint density at radius 2 is 2.30 bits per heavy atom. The summed E-state index contributed by atoms with van der Waals surface area (Å²) in [5, 5.41) is 3.08. The van der Waals surface area contributed by atoms with Gasteiger partial charge in [-0.15, -0.1) is 0 Å². The van der Waals surface area contributed by atoms with E-state index in [9.17, 15) is 8.42 Å². The number of hydrogen-bond donors (Lipinski definition) is 1. The van der Waals surface area contributed by atoms with Gasteiger partial charge in [-0.1, -0.05) is 0 Å². The summed E-state index contributed by atoms with van der Waals surface area (Å²) in [6.07, 6.45) is 3.26. The molecule has 0 spiro atoms. The van der Waals surface area contributed by atoms with E-state index in [0.717, 1.165) is 19.4 Å². The van der Waals surface area contributed by atoms with E-state index in [1.165, 1.54) is 12.0 Å². The summed E-state index contributed by atoms with van der Waals surface area (Å²) in [5.74, 6) is 1.39. The molecule has 1 aliphatic rings. The summed E-state index contributed by atoms with van der Waals surface area (Å²) >= 11 is 0. The number of nitrogens with one attached hydrogen (secondary N) is 1. The van der Waals surface area contributed by atoms with Crippen molar-refractivity contribution in [1.82, 2.24) is 5.32 Å². The van der Waals surface area contributed by atoms with Gasteiger partial charge < -0.3 is 5.32 Å². The van der Waals surface area contributed by atoms with E-state index in [-0.39, 0.29) is 6.04 Å². The van der Waals surface area contributed by atoms with Crippen LogP contribution in [-0.2, 0) is 9.84 Å². The fraction of sp³-hybridized carbons (Fsp3) is 0.833. The Labute approximate surface area is 61.7 Å². The molecule has 1 unspecified atom stereocenters. The third kappa shape index (κ3) is 2.66. The Morgan fingerprint density at radius 3 is 2.70 bits per heavy atom. The second-order valence-corrected chi connectivity index (χ2v) is 4.60. The van der Waals surface area contributed by atoms with Gasteiger partial charge in [-0.2, -0.15) is 0 Å². The summed E-state index contributed by atoms with van der Waals surface area (Å²) in [6, 6.07) is 0.0926. The smallest absolute Gasteiger partial charge is 0.153 e. The van der Waals surface area contributed by atoms with Crippen molar-refractivity contribution in [2.75, 3.05) is 12.8 Å². The molecule has 1 saturated heterocycles. The Bertz CT molecular complexity index is 192. The van der Waals surface area contributed by atoms with E-state index in [1.807, 2.05) is 0 Å². The van der Waals surface area contributed by atoms with Crippen LogP contribution in [-0.4, -0.2) is 27.3 Å². The van der Waals surface area contributed by atoms with Crippen molar-refractivity contribution in [3.8, 4) is 0 Å². The highest BCUT2D eigenvalue weighted by atomic mass is 32.2. The fourth-order valence-electron chi connectivity index (χ4n) is 1.13. The average Bonchev–Trinajstić information content (AvgIpc) is 2.12. The lowest BCUT2D eigenvalue weighted by molar-refractivity contribution is 0.597.